The predicted octanol–water partition coefficient (Wildman–Crippen LogP) is 2.20. The normalized spacial score (nSPS) is 14.6. The number of unbranched alkanes of at least 4 members (excludes halogenated alkanes) is 1. The molecule has 1 aromatic carbocycles. The first-order valence-corrected chi connectivity index (χ1v) is 7.81. The Balaban J connectivity index is 2.15. The lowest BCUT2D eigenvalue weighted by Crippen LogP contribution is -2.41. The van der Waals surface area contributed by atoms with Crippen molar-refractivity contribution in [2.75, 3.05) is 10.8 Å². The highest BCUT2D eigenvalue weighted by molar-refractivity contribution is 7.89. The molecule has 0 unspecified atom stereocenters. The molecule has 1 aliphatic heterocycles. The van der Waals surface area contributed by atoms with E-state index in [0.717, 1.165) is 24.1 Å². The number of para-hydroxylation sites is 1. The van der Waals surface area contributed by atoms with Gasteiger partial charge in [-0.2, -0.15) is 0 Å². The Labute approximate surface area is 108 Å². The van der Waals surface area contributed by atoms with Gasteiger partial charge in [-0.05, 0) is 24.5 Å². The number of hydrazine groups is 1. The van der Waals surface area contributed by atoms with Crippen LogP contribution >= 0.6 is 0 Å². The number of hydrogen-bond acceptors (Lipinski definition) is 3. The molecule has 1 heterocycles. The zero-order chi connectivity index (χ0) is 13.0. The van der Waals surface area contributed by atoms with Gasteiger partial charge in [0.25, 0.3) is 0 Å². The van der Waals surface area contributed by atoms with E-state index >= 15 is 0 Å². The number of benzene rings is 1. The minimum Gasteiger partial charge on any atom is -0.271 e. The van der Waals surface area contributed by atoms with Gasteiger partial charge in [-0.25, -0.2) is 8.42 Å². The van der Waals surface area contributed by atoms with Gasteiger partial charge in [-0.3, -0.25) is 5.01 Å². The van der Waals surface area contributed by atoms with E-state index in [1.54, 1.807) is 11.2 Å². The van der Waals surface area contributed by atoms with Crippen molar-refractivity contribution in [1.82, 2.24) is 4.83 Å². The molecule has 2 rings (SSSR count). The highest BCUT2D eigenvalue weighted by Crippen LogP contribution is 2.24. The largest absolute Gasteiger partial charge is 0.271 e. The van der Waals surface area contributed by atoms with Crippen LogP contribution in [0.25, 0.3) is 0 Å². The molecule has 98 valence electrons. The molecule has 1 N–H and O–H groups in total. The monoisotopic (exact) mass is 266 g/mol. The smallest absolute Gasteiger partial charge is 0.228 e. The summed E-state index contributed by atoms with van der Waals surface area (Å²) >= 11 is 0. The van der Waals surface area contributed by atoms with Gasteiger partial charge in [0.05, 0.1) is 11.4 Å². The van der Waals surface area contributed by atoms with E-state index in [1.165, 1.54) is 0 Å². The number of nitrogens with zero attached hydrogens (tertiary/aromatic N) is 1. The Hall–Kier alpha value is -1.33. The molecule has 0 spiro atoms. The molecule has 0 amide bonds. The SMILES string of the molecule is CCCCS(=O)(=O)NN1C=CCc2ccccc21. The van der Waals surface area contributed by atoms with Crippen molar-refractivity contribution >= 4 is 15.7 Å². The second kappa shape index (κ2) is 5.54. The van der Waals surface area contributed by atoms with Crippen LogP contribution in [-0.2, 0) is 16.4 Å². The molecule has 0 aromatic heterocycles. The van der Waals surface area contributed by atoms with Crippen molar-refractivity contribution in [3.05, 3.63) is 42.1 Å². The maximum absolute atomic E-state index is 11.9. The quantitative estimate of drug-likeness (QED) is 0.889. The number of rotatable bonds is 5. The standard InChI is InChI=1S/C13H18N2O2S/c1-2-3-11-18(16,17)14-15-10-6-8-12-7-4-5-9-13(12)15/h4-7,9-10,14H,2-3,8,11H2,1H3. The maximum Gasteiger partial charge on any atom is 0.228 e. The zero-order valence-electron chi connectivity index (χ0n) is 10.5. The third-order valence-electron chi connectivity index (χ3n) is 2.85. The van der Waals surface area contributed by atoms with Crippen LogP contribution in [0.2, 0.25) is 0 Å². The third-order valence-corrected chi connectivity index (χ3v) is 4.15. The molecular formula is C13H18N2O2S. The number of fused-ring (bicyclic) bond motifs is 1. The average molecular weight is 266 g/mol. The first kappa shape index (κ1) is 13.1. The number of sulfonamides is 1. The second-order valence-electron chi connectivity index (χ2n) is 4.35. The lowest BCUT2D eigenvalue weighted by Gasteiger charge is -2.26. The topological polar surface area (TPSA) is 49.4 Å². The molecular weight excluding hydrogens is 248 g/mol. The van der Waals surface area contributed by atoms with Crippen LogP contribution in [0.1, 0.15) is 25.3 Å². The summed E-state index contributed by atoms with van der Waals surface area (Å²) in [5, 5.41) is 1.59. The summed E-state index contributed by atoms with van der Waals surface area (Å²) < 4.78 is 23.8. The molecule has 1 aliphatic rings. The number of anilines is 1. The Morgan fingerprint density at radius 1 is 1.33 bits per heavy atom. The Morgan fingerprint density at radius 3 is 2.89 bits per heavy atom. The summed E-state index contributed by atoms with van der Waals surface area (Å²) in [7, 11) is -3.26. The van der Waals surface area contributed by atoms with Crippen LogP contribution in [-0.4, -0.2) is 14.2 Å². The van der Waals surface area contributed by atoms with Crippen molar-refractivity contribution in [2.45, 2.75) is 26.2 Å². The van der Waals surface area contributed by atoms with Gasteiger partial charge >= 0.3 is 0 Å². The van der Waals surface area contributed by atoms with E-state index in [0.29, 0.717) is 6.42 Å². The molecule has 0 aliphatic carbocycles. The fraction of sp³-hybridized carbons (Fsp3) is 0.385. The molecule has 0 saturated carbocycles. The minimum absolute atomic E-state index is 0.163. The first-order chi connectivity index (χ1) is 8.62. The van der Waals surface area contributed by atoms with E-state index < -0.39 is 10.0 Å². The highest BCUT2D eigenvalue weighted by Gasteiger charge is 2.17. The molecule has 18 heavy (non-hydrogen) atoms. The van der Waals surface area contributed by atoms with E-state index in [9.17, 15) is 8.42 Å². The van der Waals surface area contributed by atoms with E-state index in [1.807, 2.05) is 37.3 Å². The fourth-order valence-corrected chi connectivity index (χ4v) is 3.11. The molecule has 5 heteroatoms. The Morgan fingerprint density at radius 2 is 2.11 bits per heavy atom. The van der Waals surface area contributed by atoms with Crippen molar-refractivity contribution in [1.29, 1.82) is 0 Å². The summed E-state index contributed by atoms with van der Waals surface area (Å²) in [5.74, 6) is 0.163. The van der Waals surface area contributed by atoms with Gasteiger partial charge in [0.15, 0.2) is 0 Å². The zero-order valence-corrected chi connectivity index (χ0v) is 11.3. The third kappa shape index (κ3) is 3.11. The molecule has 0 atom stereocenters. The molecule has 1 aromatic rings. The summed E-state index contributed by atoms with van der Waals surface area (Å²) in [5.41, 5.74) is 2.03. The fourth-order valence-electron chi connectivity index (χ4n) is 1.89. The van der Waals surface area contributed by atoms with Crippen LogP contribution in [0.4, 0.5) is 5.69 Å². The van der Waals surface area contributed by atoms with Gasteiger partial charge in [0.1, 0.15) is 0 Å². The second-order valence-corrected chi connectivity index (χ2v) is 6.17. The maximum atomic E-state index is 11.9. The molecule has 0 bridgehead atoms. The van der Waals surface area contributed by atoms with Gasteiger partial charge in [-0.15, -0.1) is 4.83 Å². The van der Waals surface area contributed by atoms with Gasteiger partial charge in [0, 0.05) is 6.20 Å². The molecule has 0 saturated heterocycles. The summed E-state index contributed by atoms with van der Waals surface area (Å²) in [4.78, 5) is 2.60. The lowest BCUT2D eigenvalue weighted by molar-refractivity contribution is 0.578. The average Bonchev–Trinajstić information content (AvgIpc) is 2.37. The van der Waals surface area contributed by atoms with Crippen LogP contribution < -0.4 is 9.84 Å². The first-order valence-electron chi connectivity index (χ1n) is 6.16. The highest BCUT2D eigenvalue weighted by atomic mass is 32.2. The minimum atomic E-state index is -3.26. The van der Waals surface area contributed by atoms with Crippen LogP contribution in [0.3, 0.4) is 0 Å². The number of hydrogen-bond donors (Lipinski definition) is 1. The van der Waals surface area contributed by atoms with Crippen molar-refractivity contribution in [3.8, 4) is 0 Å². The van der Waals surface area contributed by atoms with Crippen molar-refractivity contribution < 1.29 is 8.42 Å². The van der Waals surface area contributed by atoms with Crippen LogP contribution in [0, 0.1) is 0 Å². The van der Waals surface area contributed by atoms with Crippen LogP contribution in [0.5, 0.6) is 0 Å². The number of nitrogens with one attached hydrogen (secondary N) is 1. The summed E-state index contributed by atoms with van der Waals surface area (Å²) in [6.07, 6.45) is 6.10. The van der Waals surface area contributed by atoms with Crippen LogP contribution in [0.15, 0.2) is 36.5 Å². The molecule has 0 fully saturated rings. The Bertz CT molecular complexity index is 538. The van der Waals surface area contributed by atoms with Crippen molar-refractivity contribution in [3.63, 3.8) is 0 Å². The lowest BCUT2D eigenvalue weighted by atomic mass is 10.1. The molecule has 0 radical (unpaired) electrons. The Kier molecular flexibility index (Phi) is 4.04. The molecule has 4 nitrogen and oxygen atoms in total. The predicted molar refractivity (Wildman–Crippen MR) is 73.6 cm³/mol. The number of allylic oxidation sites excluding steroid dienone is 1. The van der Waals surface area contributed by atoms with Gasteiger partial charge in [-0.1, -0.05) is 37.6 Å². The van der Waals surface area contributed by atoms with Crippen molar-refractivity contribution in [2.24, 2.45) is 0 Å². The van der Waals surface area contributed by atoms with Gasteiger partial charge < -0.3 is 0 Å². The summed E-state index contributed by atoms with van der Waals surface area (Å²) in [6.45, 7) is 1.98. The van der Waals surface area contributed by atoms with Gasteiger partial charge in [0.2, 0.25) is 10.0 Å². The summed E-state index contributed by atoms with van der Waals surface area (Å²) in [6, 6.07) is 7.79. The van der Waals surface area contributed by atoms with E-state index in [2.05, 4.69) is 4.83 Å². The van der Waals surface area contributed by atoms with E-state index in [-0.39, 0.29) is 5.75 Å². The van der Waals surface area contributed by atoms with E-state index in [4.69, 9.17) is 0 Å².